The highest BCUT2D eigenvalue weighted by Gasteiger charge is 2.26. The van der Waals surface area contributed by atoms with Crippen molar-refractivity contribution in [1.29, 1.82) is 0 Å². The predicted molar refractivity (Wildman–Crippen MR) is 93.1 cm³/mol. The maximum absolute atomic E-state index is 12.3. The second-order valence-electron chi connectivity index (χ2n) is 6.22. The minimum Gasteiger partial charge on any atom is -0.358 e. The minimum atomic E-state index is -0.0442. The van der Waals surface area contributed by atoms with Crippen LogP contribution in [0.25, 0.3) is 10.9 Å². The third-order valence-corrected chi connectivity index (χ3v) is 4.74. The molecular weight excluding hydrogens is 308 g/mol. The molecule has 2 N–H and O–H groups in total. The quantitative estimate of drug-likeness (QED) is 0.734. The predicted octanol–water partition coefficient (Wildman–Crippen LogP) is 4.03. The molecule has 1 atom stereocenters. The minimum absolute atomic E-state index is 0.0442. The number of aromatic nitrogens is 1. The van der Waals surface area contributed by atoms with Gasteiger partial charge in [-0.05, 0) is 55.3 Å². The van der Waals surface area contributed by atoms with Crippen LogP contribution in [-0.2, 0) is 12.8 Å². The summed E-state index contributed by atoms with van der Waals surface area (Å²) in [7, 11) is 0. The van der Waals surface area contributed by atoms with Gasteiger partial charge in [0.25, 0.3) is 5.91 Å². The first-order valence-corrected chi connectivity index (χ1v) is 8.14. The molecule has 1 aliphatic rings. The molecule has 116 valence electrons. The lowest BCUT2D eigenvalue weighted by molar-refractivity contribution is 0.0938. The molecule has 0 bridgehead atoms. The van der Waals surface area contributed by atoms with E-state index < -0.39 is 0 Å². The van der Waals surface area contributed by atoms with Crippen molar-refractivity contribution in [2.24, 2.45) is 0 Å². The first kappa shape index (κ1) is 14.3. The van der Waals surface area contributed by atoms with Crippen molar-refractivity contribution in [3.05, 3.63) is 69.9 Å². The van der Waals surface area contributed by atoms with Gasteiger partial charge < -0.3 is 10.3 Å². The summed E-state index contributed by atoms with van der Waals surface area (Å²) in [5.41, 5.74) is 5.67. The summed E-state index contributed by atoms with van der Waals surface area (Å²) in [5, 5.41) is 5.04. The van der Waals surface area contributed by atoms with E-state index in [2.05, 4.69) is 35.4 Å². The largest absolute Gasteiger partial charge is 0.358 e. The number of hydrogen-bond acceptors (Lipinski definition) is 1. The molecule has 1 aliphatic carbocycles. The van der Waals surface area contributed by atoms with E-state index in [0.717, 1.165) is 12.8 Å². The van der Waals surface area contributed by atoms with Crippen molar-refractivity contribution >= 4 is 28.4 Å². The zero-order valence-electron chi connectivity index (χ0n) is 12.8. The summed E-state index contributed by atoms with van der Waals surface area (Å²) >= 11 is 5.87. The van der Waals surface area contributed by atoms with Gasteiger partial charge in [-0.15, -0.1) is 0 Å². The Morgan fingerprint density at radius 1 is 1.17 bits per heavy atom. The van der Waals surface area contributed by atoms with Crippen molar-refractivity contribution in [3.8, 4) is 0 Å². The highest BCUT2D eigenvalue weighted by atomic mass is 35.5. The summed E-state index contributed by atoms with van der Waals surface area (Å²) in [6.07, 6.45) is 1.72. The number of hydrogen-bond donors (Lipinski definition) is 2. The number of halogens is 1. The van der Waals surface area contributed by atoms with E-state index in [1.165, 1.54) is 27.7 Å². The molecule has 4 heteroatoms. The number of carbonyl (C=O) groups is 1. The molecular formula is C19H17ClN2O. The number of nitrogens with one attached hydrogen (secondary N) is 2. The van der Waals surface area contributed by atoms with Gasteiger partial charge in [-0.3, -0.25) is 4.79 Å². The number of amides is 1. The smallest absolute Gasteiger partial charge is 0.251 e. The fourth-order valence-corrected chi connectivity index (χ4v) is 3.49. The topological polar surface area (TPSA) is 44.9 Å². The summed E-state index contributed by atoms with van der Waals surface area (Å²) < 4.78 is 0. The highest BCUT2D eigenvalue weighted by Crippen LogP contribution is 2.30. The summed E-state index contributed by atoms with van der Waals surface area (Å²) in [4.78, 5) is 15.8. The summed E-state index contributed by atoms with van der Waals surface area (Å²) in [6.45, 7) is 2.10. The zero-order valence-corrected chi connectivity index (χ0v) is 13.6. The van der Waals surface area contributed by atoms with Crippen molar-refractivity contribution in [1.82, 2.24) is 10.3 Å². The van der Waals surface area contributed by atoms with Crippen LogP contribution in [0.5, 0.6) is 0 Å². The molecule has 0 saturated carbocycles. The zero-order chi connectivity index (χ0) is 16.0. The van der Waals surface area contributed by atoms with E-state index in [-0.39, 0.29) is 11.9 Å². The fraction of sp³-hybridized carbons (Fsp3) is 0.211. The van der Waals surface area contributed by atoms with Gasteiger partial charge in [-0.25, -0.2) is 0 Å². The Balaban J connectivity index is 1.53. The van der Waals surface area contributed by atoms with Gasteiger partial charge in [0.2, 0.25) is 0 Å². The van der Waals surface area contributed by atoms with Crippen LogP contribution in [0.4, 0.5) is 0 Å². The van der Waals surface area contributed by atoms with Crippen LogP contribution in [0.15, 0.2) is 42.5 Å². The van der Waals surface area contributed by atoms with Crippen molar-refractivity contribution in [3.63, 3.8) is 0 Å². The van der Waals surface area contributed by atoms with Crippen LogP contribution in [0, 0.1) is 6.92 Å². The van der Waals surface area contributed by atoms with E-state index >= 15 is 0 Å². The number of fused-ring (bicyclic) bond motifs is 3. The van der Waals surface area contributed by atoms with Gasteiger partial charge in [-0.1, -0.05) is 23.2 Å². The van der Waals surface area contributed by atoms with Crippen LogP contribution in [0.3, 0.4) is 0 Å². The number of H-pyrrole nitrogens is 1. The maximum Gasteiger partial charge on any atom is 0.251 e. The molecule has 0 aliphatic heterocycles. The molecule has 4 rings (SSSR count). The fourth-order valence-electron chi connectivity index (χ4n) is 3.36. The molecule has 3 nitrogen and oxygen atoms in total. The third kappa shape index (κ3) is 2.62. The second kappa shape index (κ2) is 5.43. The highest BCUT2D eigenvalue weighted by molar-refractivity contribution is 6.30. The lowest BCUT2D eigenvalue weighted by Crippen LogP contribution is -2.35. The van der Waals surface area contributed by atoms with Crippen LogP contribution in [-0.4, -0.2) is 16.9 Å². The molecule has 0 fully saturated rings. The van der Waals surface area contributed by atoms with Crippen LogP contribution in [0.1, 0.15) is 27.2 Å². The molecule has 1 unspecified atom stereocenters. The van der Waals surface area contributed by atoms with Gasteiger partial charge in [0.15, 0.2) is 0 Å². The molecule has 3 aromatic rings. The molecule has 0 spiro atoms. The van der Waals surface area contributed by atoms with Crippen molar-refractivity contribution < 1.29 is 4.79 Å². The molecule has 1 amide bonds. The van der Waals surface area contributed by atoms with E-state index in [1.54, 1.807) is 24.3 Å². The number of aryl methyl sites for hydroxylation is 1. The van der Waals surface area contributed by atoms with Crippen molar-refractivity contribution in [2.45, 2.75) is 25.8 Å². The maximum atomic E-state index is 12.3. The van der Waals surface area contributed by atoms with Crippen LogP contribution >= 0.6 is 11.6 Å². The standard InChI is InChI=1S/C19H17ClN2O/c1-11-2-7-17-15(8-11)16-9-14(10-18(16)22-17)21-19(23)12-3-5-13(20)6-4-12/h2-8,14,22H,9-10H2,1H3,(H,21,23). The molecule has 0 radical (unpaired) electrons. The Bertz CT molecular complexity index is 896. The molecule has 2 aromatic carbocycles. The summed E-state index contributed by atoms with van der Waals surface area (Å²) in [6, 6.07) is 13.6. The monoisotopic (exact) mass is 324 g/mol. The SMILES string of the molecule is Cc1ccc2[nH]c3c(c2c1)CC(NC(=O)c1ccc(Cl)cc1)C3. The number of benzene rings is 2. The Hall–Kier alpha value is -2.26. The van der Waals surface area contributed by atoms with Gasteiger partial charge in [0.05, 0.1) is 0 Å². The number of aromatic amines is 1. The molecule has 0 saturated heterocycles. The van der Waals surface area contributed by atoms with E-state index in [9.17, 15) is 4.79 Å². The number of rotatable bonds is 2. The second-order valence-corrected chi connectivity index (χ2v) is 6.65. The third-order valence-electron chi connectivity index (χ3n) is 4.49. The average molecular weight is 325 g/mol. The Morgan fingerprint density at radius 2 is 1.96 bits per heavy atom. The van der Waals surface area contributed by atoms with E-state index in [4.69, 9.17) is 11.6 Å². The molecule has 1 heterocycles. The Labute approximate surface area is 139 Å². The lowest BCUT2D eigenvalue weighted by atomic mass is 10.1. The van der Waals surface area contributed by atoms with E-state index in [1.807, 2.05) is 0 Å². The van der Waals surface area contributed by atoms with Gasteiger partial charge in [0, 0.05) is 39.6 Å². The molecule has 23 heavy (non-hydrogen) atoms. The first-order chi connectivity index (χ1) is 11.1. The number of carbonyl (C=O) groups excluding carboxylic acids is 1. The van der Waals surface area contributed by atoms with Crippen LogP contribution < -0.4 is 5.32 Å². The van der Waals surface area contributed by atoms with Crippen molar-refractivity contribution in [2.75, 3.05) is 0 Å². The van der Waals surface area contributed by atoms with E-state index in [0.29, 0.717) is 10.6 Å². The van der Waals surface area contributed by atoms with Crippen LogP contribution in [0.2, 0.25) is 5.02 Å². The first-order valence-electron chi connectivity index (χ1n) is 7.76. The lowest BCUT2D eigenvalue weighted by Gasteiger charge is -2.12. The summed E-state index contributed by atoms with van der Waals surface area (Å²) in [5.74, 6) is -0.0442. The van der Waals surface area contributed by atoms with Gasteiger partial charge in [-0.2, -0.15) is 0 Å². The normalized spacial score (nSPS) is 16.5. The van der Waals surface area contributed by atoms with Gasteiger partial charge in [0.1, 0.15) is 0 Å². The van der Waals surface area contributed by atoms with Gasteiger partial charge >= 0.3 is 0 Å². The Kier molecular flexibility index (Phi) is 3.38. The average Bonchev–Trinajstić information content (AvgIpc) is 3.05. The Morgan fingerprint density at radius 3 is 2.74 bits per heavy atom. The molecule has 1 aromatic heterocycles.